The molecule has 2 aromatic rings. The largest absolute Gasteiger partial charge is 0.452 e. The number of nitrogens with one attached hydrogen (secondary N) is 1. The van der Waals surface area contributed by atoms with Crippen LogP contribution in [0.15, 0.2) is 54.6 Å². The van der Waals surface area contributed by atoms with Gasteiger partial charge in [-0.3, -0.25) is 4.79 Å². The van der Waals surface area contributed by atoms with Crippen molar-refractivity contribution in [2.24, 2.45) is 0 Å². The molecule has 0 heterocycles. The summed E-state index contributed by atoms with van der Waals surface area (Å²) in [6.07, 6.45) is 2.63. The Morgan fingerprint density at radius 1 is 1.00 bits per heavy atom. The number of ether oxygens (including phenoxy) is 1. The van der Waals surface area contributed by atoms with Gasteiger partial charge in [-0.15, -0.1) is 0 Å². The molecule has 24 heavy (non-hydrogen) atoms. The fourth-order valence-corrected chi connectivity index (χ4v) is 2.38. The van der Waals surface area contributed by atoms with Crippen molar-refractivity contribution in [3.05, 3.63) is 75.8 Å². The van der Waals surface area contributed by atoms with E-state index in [-0.39, 0.29) is 12.5 Å². The third kappa shape index (κ3) is 5.72. The lowest BCUT2D eigenvalue weighted by Crippen LogP contribution is -2.28. The van der Waals surface area contributed by atoms with Gasteiger partial charge < -0.3 is 10.1 Å². The van der Waals surface area contributed by atoms with Gasteiger partial charge in [-0.2, -0.15) is 0 Å². The Bertz CT molecular complexity index is 725. The number of benzene rings is 2. The third-order valence-corrected chi connectivity index (χ3v) is 3.72. The van der Waals surface area contributed by atoms with Crippen molar-refractivity contribution >= 4 is 41.2 Å². The summed E-state index contributed by atoms with van der Waals surface area (Å²) in [5.41, 5.74) is 1.48. The van der Waals surface area contributed by atoms with Gasteiger partial charge in [0.1, 0.15) is 0 Å². The molecular formula is C18H15Cl2NO3. The first-order chi connectivity index (χ1) is 11.6. The summed E-state index contributed by atoms with van der Waals surface area (Å²) in [5.74, 6) is -1.03. The highest BCUT2D eigenvalue weighted by atomic mass is 35.5. The molecule has 2 aromatic carbocycles. The highest BCUT2D eigenvalue weighted by Gasteiger charge is 2.06. The Morgan fingerprint density at radius 2 is 1.67 bits per heavy atom. The lowest BCUT2D eigenvalue weighted by molar-refractivity contribution is -0.143. The zero-order valence-corrected chi connectivity index (χ0v) is 14.2. The Morgan fingerprint density at radius 3 is 2.33 bits per heavy atom. The number of halogens is 2. The highest BCUT2D eigenvalue weighted by Crippen LogP contribution is 2.25. The minimum Gasteiger partial charge on any atom is -0.452 e. The number of carbonyl (C=O) groups is 2. The number of carbonyl (C=O) groups excluding carboxylic acids is 2. The molecular weight excluding hydrogens is 349 g/mol. The van der Waals surface area contributed by atoms with Crippen LogP contribution in [0, 0.1) is 0 Å². The number of esters is 1. The van der Waals surface area contributed by atoms with Gasteiger partial charge in [-0.25, -0.2) is 4.79 Å². The second-order valence-electron chi connectivity index (χ2n) is 4.84. The summed E-state index contributed by atoms with van der Waals surface area (Å²) >= 11 is 12.0. The fourth-order valence-electron chi connectivity index (χ4n) is 1.85. The Balaban J connectivity index is 1.78. The highest BCUT2D eigenvalue weighted by molar-refractivity contribution is 6.37. The Kier molecular flexibility index (Phi) is 6.85. The second-order valence-corrected chi connectivity index (χ2v) is 5.65. The van der Waals surface area contributed by atoms with E-state index in [1.54, 1.807) is 18.2 Å². The first kappa shape index (κ1) is 18.0. The van der Waals surface area contributed by atoms with Gasteiger partial charge in [0.15, 0.2) is 6.61 Å². The van der Waals surface area contributed by atoms with Crippen LogP contribution in [-0.2, 0) is 20.9 Å². The van der Waals surface area contributed by atoms with Crippen molar-refractivity contribution in [3.8, 4) is 0 Å². The molecule has 0 aliphatic carbocycles. The van der Waals surface area contributed by atoms with Crippen LogP contribution in [0.5, 0.6) is 0 Å². The van der Waals surface area contributed by atoms with Gasteiger partial charge in [0, 0.05) is 28.2 Å². The van der Waals surface area contributed by atoms with E-state index in [1.807, 2.05) is 30.3 Å². The van der Waals surface area contributed by atoms with Crippen LogP contribution in [0.1, 0.15) is 11.1 Å². The van der Waals surface area contributed by atoms with Gasteiger partial charge in [0.05, 0.1) is 0 Å². The first-order valence-electron chi connectivity index (χ1n) is 7.16. The van der Waals surface area contributed by atoms with E-state index in [4.69, 9.17) is 27.9 Å². The van der Waals surface area contributed by atoms with Crippen LogP contribution in [0.4, 0.5) is 0 Å². The van der Waals surface area contributed by atoms with Crippen LogP contribution >= 0.6 is 23.2 Å². The molecule has 124 valence electrons. The Hall–Kier alpha value is -2.30. The maximum Gasteiger partial charge on any atom is 0.331 e. The van der Waals surface area contributed by atoms with E-state index in [1.165, 1.54) is 12.2 Å². The van der Waals surface area contributed by atoms with E-state index in [9.17, 15) is 9.59 Å². The maximum atomic E-state index is 11.6. The van der Waals surface area contributed by atoms with E-state index >= 15 is 0 Å². The Labute approximate surface area is 150 Å². The monoisotopic (exact) mass is 363 g/mol. The molecule has 0 unspecified atom stereocenters. The minimum absolute atomic E-state index is 0.355. The normalized spacial score (nSPS) is 10.6. The molecule has 0 saturated heterocycles. The summed E-state index contributed by atoms with van der Waals surface area (Å²) in [7, 11) is 0. The van der Waals surface area contributed by atoms with Crippen molar-refractivity contribution in [1.29, 1.82) is 0 Å². The fraction of sp³-hybridized carbons (Fsp3) is 0.111. The predicted octanol–water partition coefficient (Wildman–Crippen LogP) is 3.87. The van der Waals surface area contributed by atoms with Crippen LogP contribution in [0.2, 0.25) is 10.0 Å². The van der Waals surface area contributed by atoms with Crippen molar-refractivity contribution in [1.82, 2.24) is 5.32 Å². The molecule has 2 rings (SSSR count). The summed E-state index contributed by atoms with van der Waals surface area (Å²) in [5, 5.41) is 3.51. The summed E-state index contributed by atoms with van der Waals surface area (Å²) in [6, 6.07) is 14.5. The van der Waals surface area contributed by atoms with Gasteiger partial charge in [-0.05, 0) is 23.8 Å². The van der Waals surface area contributed by atoms with E-state index in [0.717, 1.165) is 5.56 Å². The molecule has 1 N–H and O–H groups in total. The average molecular weight is 364 g/mol. The van der Waals surface area contributed by atoms with Crippen LogP contribution in [0.3, 0.4) is 0 Å². The predicted molar refractivity (Wildman–Crippen MR) is 94.7 cm³/mol. The molecule has 0 aliphatic heterocycles. The number of amides is 1. The van der Waals surface area contributed by atoms with E-state index in [2.05, 4.69) is 5.32 Å². The molecule has 4 nitrogen and oxygen atoms in total. The minimum atomic E-state index is -0.652. The van der Waals surface area contributed by atoms with E-state index in [0.29, 0.717) is 22.2 Å². The molecule has 0 atom stereocenters. The van der Waals surface area contributed by atoms with E-state index < -0.39 is 5.97 Å². The topological polar surface area (TPSA) is 55.4 Å². The third-order valence-electron chi connectivity index (χ3n) is 3.06. The maximum absolute atomic E-state index is 11.6. The summed E-state index contributed by atoms with van der Waals surface area (Å²) < 4.78 is 4.87. The number of hydrogen-bond donors (Lipinski definition) is 1. The zero-order valence-electron chi connectivity index (χ0n) is 12.7. The standard InChI is InChI=1S/C18H15Cl2NO3/c19-15-7-4-8-16(20)14(15)9-10-18(23)24-12-17(22)21-11-13-5-2-1-3-6-13/h1-10H,11-12H2,(H,21,22)/b10-9+. The second kappa shape index (κ2) is 9.11. The summed E-state index contributed by atoms with van der Waals surface area (Å²) in [6.45, 7) is 0.0224. The van der Waals surface area contributed by atoms with Crippen molar-refractivity contribution < 1.29 is 14.3 Å². The smallest absolute Gasteiger partial charge is 0.331 e. The number of hydrogen-bond acceptors (Lipinski definition) is 3. The molecule has 1 amide bonds. The molecule has 0 spiro atoms. The molecule has 0 aliphatic rings. The zero-order chi connectivity index (χ0) is 17.4. The van der Waals surface area contributed by atoms with Gasteiger partial charge >= 0.3 is 5.97 Å². The quantitative estimate of drug-likeness (QED) is 0.626. The van der Waals surface area contributed by atoms with Crippen molar-refractivity contribution in [3.63, 3.8) is 0 Å². The average Bonchev–Trinajstić information content (AvgIpc) is 2.58. The molecule has 0 radical (unpaired) electrons. The SMILES string of the molecule is O=C(COC(=O)/C=C/c1c(Cl)cccc1Cl)NCc1ccccc1. The number of rotatable bonds is 6. The van der Waals surface area contributed by atoms with Gasteiger partial charge in [0.2, 0.25) is 0 Å². The molecule has 0 aromatic heterocycles. The summed E-state index contributed by atoms with van der Waals surface area (Å²) in [4.78, 5) is 23.3. The van der Waals surface area contributed by atoms with Crippen molar-refractivity contribution in [2.75, 3.05) is 6.61 Å². The van der Waals surface area contributed by atoms with Gasteiger partial charge in [-0.1, -0.05) is 59.6 Å². The lowest BCUT2D eigenvalue weighted by atomic mass is 10.2. The molecule has 0 saturated carbocycles. The molecule has 0 bridgehead atoms. The van der Waals surface area contributed by atoms with Crippen molar-refractivity contribution in [2.45, 2.75) is 6.54 Å². The molecule has 0 fully saturated rings. The van der Waals surface area contributed by atoms with Crippen LogP contribution in [0.25, 0.3) is 6.08 Å². The molecule has 6 heteroatoms. The lowest BCUT2D eigenvalue weighted by Gasteiger charge is -2.05. The van der Waals surface area contributed by atoms with Gasteiger partial charge in [0.25, 0.3) is 5.91 Å². The first-order valence-corrected chi connectivity index (χ1v) is 7.91. The van der Waals surface area contributed by atoms with Crippen LogP contribution in [-0.4, -0.2) is 18.5 Å². The van der Waals surface area contributed by atoms with Crippen LogP contribution < -0.4 is 5.32 Å².